The third-order valence-corrected chi connectivity index (χ3v) is 6.14. The lowest BCUT2D eigenvalue weighted by molar-refractivity contribution is -0.116. The van der Waals surface area contributed by atoms with Crippen LogP contribution in [0.2, 0.25) is 0 Å². The van der Waals surface area contributed by atoms with Crippen LogP contribution in [0.3, 0.4) is 0 Å². The molecule has 0 saturated carbocycles. The van der Waals surface area contributed by atoms with E-state index in [1.807, 2.05) is 12.1 Å². The van der Waals surface area contributed by atoms with Crippen molar-refractivity contribution < 1.29 is 27.1 Å². The number of hydrogen-bond donors (Lipinski definition) is 1. The molecule has 7 nitrogen and oxygen atoms in total. The van der Waals surface area contributed by atoms with Gasteiger partial charge >= 0.3 is 0 Å². The zero-order chi connectivity index (χ0) is 22.4. The first-order chi connectivity index (χ1) is 14.8. The molecule has 0 unspecified atom stereocenters. The van der Waals surface area contributed by atoms with Crippen LogP contribution >= 0.6 is 0 Å². The average Bonchev–Trinajstić information content (AvgIpc) is 2.75. The van der Waals surface area contributed by atoms with Gasteiger partial charge in [0.25, 0.3) is 0 Å². The van der Waals surface area contributed by atoms with Gasteiger partial charge in [-0.2, -0.15) is 4.31 Å². The largest absolute Gasteiger partial charge is 0.493 e. The number of carbonyl (C=O) groups is 1. The number of carbonyl (C=O) groups excluding carboxylic acids is 1. The number of hydrogen-bond acceptors (Lipinski definition) is 5. The Morgan fingerprint density at radius 1 is 0.968 bits per heavy atom. The second-order valence-corrected chi connectivity index (χ2v) is 8.59. The molecule has 0 saturated heterocycles. The van der Waals surface area contributed by atoms with Gasteiger partial charge in [-0.15, -0.1) is 0 Å². The van der Waals surface area contributed by atoms with E-state index in [1.165, 1.54) is 7.05 Å². The monoisotopic (exact) mass is 444 g/mol. The highest BCUT2D eigenvalue weighted by Crippen LogP contribution is 2.31. The van der Waals surface area contributed by atoms with E-state index in [4.69, 9.17) is 9.47 Å². The van der Waals surface area contributed by atoms with Gasteiger partial charge in [0, 0.05) is 12.7 Å². The number of nitrogens with zero attached hydrogens (tertiary/aromatic N) is 1. The van der Waals surface area contributed by atoms with Crippen molar-refractivity contribution in [2.24, 2.45) is 0 Å². The van der Waals surface area contributed by atoms with Crippen molar-refractivity contribution in [1.82, 2.24) is 4.31 Å². The van der Waals surface area contributed by atoms with Gasteiger partial charge in [0.1, 0.15) is 11.6 Å². The summed E-state index contributed by atoms with van der Waals surface area (Å²) < 4.78 is 49.9. The maximum absolute atomic E-state index is 13.0. The van der Waals surface area contributed by atoms with Gasteiger partial charge < -0.3 is 14.8 Å². The number of anilines is 1. The molecule has 9 heteroatoms. The lowest BCUT2D eigenvalue weighted by atomic mass is 10.3. The lowest BCUT2D eigenvalue weighted by Crippen LogP contribution is -2.34. The van der Waals surface area contributed by atoms with Crippen LogP contribution in [-0.4, -0.2) is 39.3 Å². The maximum atomic E-state index is 13.0. The van der Waals surface area contributed by atoms with Gasteiger partial charge in [-0.1, -0.05) is 12.1 Å². The first kappa shape index (κ1) is 22.3. The Balaban J connectivity index is 1.61. The number of halogens is 1. The molecule has 0 aliphatic carbocycles. The van der Waals surface area contributed by atoms with Crippen LogP contribution in [0.5, 0.6) is 17.2 Å². The Morgan fingerprint density at radius 2 is 1.58 bits per heavy atom. The summed E-state index contributed by atoms with van der Waals surface area (Å²) in [6.45, 7) is -0.404. The smallest absolute Gasteiger partial charge is 0.243 e. The van der Waals surface area contributed by atoms with Crippen LogP contribution in [0.4, 0.5) is 10.1 Å². The number of amides is 1. The highest BCUT2D eigenvalue weighted by atomic mass is 32.2. The standard InChI is InChI=1S/C22H21FN2O5S/c1-25(31(27,28)19-13-7-16(23)8-14-19)15-22(26)24-17-9-11-18(12-10-17)30-21-6-4-3-5-20(21)29-2/h3-14H,15H2,1-2H3,(H,24,26). The molecule has 162 valence electrons. The van der Waals surface area contributed by atoms with Gasteiger partial charge in [-0.3, -0.25) is 4.79 Å². The van der Waals surface area contributed by atoms with E-state index in [0.29, 0.717) is 22.9 Å². The van der Waals surface area contributed by atoms with Crippen molar-refractivity contribution >= 4 is 21.6 Å². The predicted molar refractivity (Wildman–Crippen MR) is 114 cm³/mol. The number of likely N-dealkylation sites (N-methyl/N-ethyl adjacent to an activating group) is 1. The molecule has 0 aromatic heterocycles. The SMILES string of the molecule is COc1ccccc1Oc1ccc(NC(=O)CN(C)S(=O)(=O)c2ccc(F)cc2)cc1. The Labute approximate surface area is 180 Å². The molecule has 3 rings (SSSR count). The number of sulfonamides is 1. The van der Waals surface area contributed by atoms with E-state index in [0.717, 1.165) is 28.6 Å². The minimum atomic E-state index is -3.92. The maximum Gasteiger partial charge on any atom is 0.243 e. The molecule has 0 bridgehead atoms. The first-order valence-corrected chi connectivity index (χ1v) is 10.7. The molecule has 3 aromatic rings. The third-order valence-electron chi connectivity index (χ3n) is 4.32. The third kappa shape index (κ3) is 5.59. The molecule has 0 aliphatic heterocycles. The fraction of sp³-hybridized carbons (Fsp3) is 0.136. The molecule has 0 fully saturated rings. The van der Waals surface area contributed by atoms with Crippen LogP contribution in [0, 0.1) is 5.82 Å². The van der Waals surface area contributed by atoms with Crippen molar-refractivity contribution in [3.05, 3.63) is 78.6 Å². The lowest BCUT2D eigenvalue weighted by Gasteiger charge is -2.17. The molecule has 0 atom stereocenters. The number of benzene rings is 3. The van der Waals surface area contributed by atoms with E-state index < -0.39 is 28.3 Å². The number of nitrogens with one attached hydrogen (secondary N) is 1. The molecule has 0 spiro atoms. The predicted octanol–water partition coefficient (Wildman–Crippen LogP) is 3.89. The number of ether oxygens (including phenoxy) is 2. The summed E-state index contributed by atoms with van der Waals surface area (Å²) in [5.41, 5.74) is 0.477. The van der Waals surface area contributed by atoms with E-state index in [9.17, 15) is 17.6 Å². The highest BCUT2D eigenvalue weighted by Gasteiger charge is 2.23. The number of para-hydroxylation sites is 2. The van der Waals surface area contributed by atoms with E-state index in [1.54, 1.807) is 43.5 Å². The van der Waals surface area contributed by atoms with Crippen LogP contribution < -0.4 is 14.8 Å². The topological polar surface area (TPSA) is 84.9 Å². The second kappa shape index (κ2) is 9.59. The fourth-order valence-corrected chi connectivity index (χ4v) is 3.84. The first-order valence-electron chi connectivity index (χ1n) is 9.22. The Hall–Kier alpha value is -3.43. The summed E-state index contributed by atoms with van der Waals surface area (Å²) >= 11 is 0. The molecule has 31 heavy (non-hydrogen) atoms. The van der Waals surface area contributed by atoms with Crippen molar-refractivity contribution in [2.75, 3.05) is 26.0 Å². The summed E-state index contributed by atoms with van der Waals surface area (Å²) in [6, 6.07) is 18.2. The average molecular weight is 444 g/mol. The Bertz CT molecular complexity index is 1150. The minimum absolute atomic E-state index is 0.0953. The summed E-state index contributed by atoms with van der Waals surface area (Å²) in [7, 11) is -1.09. The fourth-order valence-electron chi connectivity index (χ4n) is 2.71. The zero-order valence-electron chi connectivity index (χ0n) is 16.9. The summed E-state index contributed by atoms with van der Waals surface area (Å²) in [4.78, 5) is 12.2. The Kier molecular flexibility index (Phi) is 6.88. The van der Waals surface area contributed by atoms with Crippen molar-refractivity contribution in [2.45, 2.75) is 4.90 Å². The summed E-state index contributed by atoms with van der Waals surface area (Å²) in [6.07, 6.45) is 0. The van der Waals surface area contributed by atoms with Crippen LogP contribution in [-0.2, 0) is 14.8 Å². The number of methoxy groups -OCH3 is 1. The molecule has 0 radical (unpaired) electrons. The van der Waals surface area contributed by atoms with Gasteiger partial charge in [0.05, 0.1) is 18.6 Å². The normalized spacial score (nSPS) is 11.2. The van der Waals surface area contributed by atoms with Crippen molar-refractivity contribution in [3.8, 4) is 17.2 Å². The van der Waals surface area contributed by atoms with Crippen LogP contribution in [0.1, 0.15) is 0 Å². The van der Waals surface area contributed by atoms with Crippen molar-refractivity contribution in [3.63, 3.8) is 0 Å². The van der Waals surface area contributed by atoms with E-state index in [2.05, 4.69) is 5.32 Å². The Morgan fingerprint density at radius 3 is 2.19 bits per heavy atom. The minimum Gasteiger partial charge on any atom is -0.493 e. The van der Waals surface area contributed by atoms with Gasteiger partial charge in [0.2, 0.25) is 15.9 Å². The molecule has 3 aromatic carbocycles. The van der Waals surface area contributed by atoms with Crippen molar-refractivity contribution in [1.29, 1.82) is 0 Å². The molecular formula is C22H21FN2O5S. The molecule has 1 amide bonds. The zero-order valence-corrected chi connectivity index (χ0v) is 17.7. The van der Waals surface area contributed by atoms with E-state index >= 15 is 0 Å². The second-order valence-electron chi connectivity index (χ2n) is 6.54. The molecular weight excluding hydrogens is 423 g/mol. The van der Waals surface area contributed by atoms with Crippen LogP contribution in [0.25, 0.3) is 0 Å². The van der Waals surface area contributed by atoms with E-state index in [-0.39, 0.29) is 4.90 Å². The molecule has 0 aliphatic rings. The molecule has 1 N–H and O–H groups in total. The highest BCUT2D eigenvalue weighted by molar-refractivity contribution is 7.89. The quantitative estimate of drug-likeness (QED) is 0.570. The molecule has 0 heterocycles. The van der Waals surface area contributed by atoms with Gasteiger partial charge in [-0.25, -0.2) is 12.8 Å². The summed E-state index contributed by atoms with van der Waals surface area (Å²) in [5.74, 6) is 0.613. The summed E-state index contributed by atoms with van der Waals surface area (Å²) in [5, 5.41) is 2.63. The van der Waals surface area contributed by atoms with Gasteiger partial charge in [0.15, 0.2) is 11.5 Å². The number of rotatable bonds is 8. The van der Waals surface area contributed by atoms with Crippen LogP contribution in [0.15, 0.2) is 77.7 Å². The van der Waals surface area contributed by atoms with Gasteiger partial charge in [-0.05, 0) is 60.7 Å².